The molecule has 0 radical (unpaired) electrons. The van der Waals surface area contributed by atoms with Crippen LogP contribution in [0.1, 0.15) is 6.92 Å². The second-order valence-electron chi connectivity index (χ2n) is 3.32. The Bertz CT molecular complexity index is 355. The lowest BCUT2D eigenvalue weighted by atomic mass is 10.5. The molecule has 0 spiro atoms. The van der Waals surface area contributed by atoms with E-state index in [0.29, 0.717) is 11.6 Å². The molecule has 0 bridgehead atoms. The molecule has 0 aliphatic carbocycles. The minimum atomic E-state index is -0.0573. The lowest BCUT2D eigenvalue weighted by molar-refractivity contribution is -0.119. The van der Waals surface area contributed by atoms with Gasteiger partial charge in [0.05, 0.1) is 18.9 Å². The van der Waals surface area contributed by atoms with Gasteiger partial charge in [-0.15, -0.1) is 0 Å². The standard InChI is InChI=1S/C10H17N5O/c1-4-13-8-5-12-6-9(14-8)15(3)7-10(16)11-2/h5-6H,4,7H2,1-3H3,(H,11,16)(H,13,14). The Morgan fingerprint density at radius 2 is 2.25 bits per heavy atom. The quantitative estimate of drug-likeness (QED) is 0.740. The zero-order chi connectivity index (χ0) is 12.0. The molecule has 1 aromatic heterocycles. The molecular formula is C10H17N5O. The minimum absolute atomic E-state index is 0.0573. The maximum atomic E-state index is 11.2. The first-order valence-corrected chi connectivity index (χ1v) is 5.15. The summed E-state index contributed by atoms with van der Waals surface area (Å²) in [5, 5.41) is 5.63. The monoisotopic (exact) mass is 223 g/mol. The molecule has 16 heavy (non-hydrogen) atoms. The number of rotatable bonds is 5. The largest absolute Gasteiger partial charge is 0.369 e. The van der Waals surface area contributed by atoms with Crippen molar-refractivity contribution in [3.8, 4) is 0 Å². The zero-order valence-electron chi connectivity index (χ0n) is 9.82. The normalized spacial score (nSPS) is 9.69. The Balaban J connectivity index is 2.71. The number of likely N-dealkylation sites (N-methyl/N-ethyl adjacent to an activating group) is 2. The molecule has 1 heterocycles. The molecule has 0 saturated carbocycles. The molecule has 6 nitrogen and oxygen atoms in total. The van der Waals surface area contributed by atoms with Crippen molar-refractivity contribution in [1.82, 2.24) is 15.3 Å². The average Bonchev–Trinajstić information content (AvgIpc) is 2.29. The van der Waals surface area contributed by atoms with Gasteiger partial charge in [-0.3, -0.25) is 9.78 Å². The van der Waals surface area contributed by atoms with Gasteiger partial charge in [0.1, 0.15) is 11.6 Å². The summed E-state index contributed by atoms with van der Waals surface area (Å²) in [7, 11) is 3.41. The third kappa shape index (κ3) is 3.38. The number of carbonyl (C=O) groups is 1. The molecule has 0 atom stereocenters. The first kappa shape index (κ1) is 12.2. The summed E-state index contributed by atoms with van der Waals surface area (Å²) in [6.45, 7) is 3.04. The van der Waals surface area contributed by atoms with E-state index in [9.17, 15) is 4.79 Å². The van der Waals surface area contributed by atoms with Gasteiger partial charge >= 0.3 is 0 Å². The topological polar surface area (TPSA) is 70.2 Å². The van der Waals surface area contributed by atoms with Crippen LogP contribution in [0, 0.1) is 0 Å². The maximum Gasteiger partial charge on any atom is 0.239 e. The summed E-state index contributed by atoms with van der Waals surface area (Å²) in [6.07, 6.45) is 3.28. The molecule has 0 aliphatic heterocycles. The highest BCUT2D eigenvalue weighted by atomic mass is 16.1. The third-order valence-electron chi connectivity index (χ3n) is 2.03. The number of aromatic nitrogens is 2. The highest BCUT2D eigenvalue weighted by Crippen LogP contribution is 2.09. The Kier molecular flexibility index (Phi) is 4.50. The van der Waals surface area contributed by atoms with Gasteiger partial charge in [-0.1, -0.05) is 0 Å². The van der Waals surface area contributed by atoms with E-state index < -0.39 is 0 Å². The summed E-state index contributed by atoms with van der Waals surface area (Å²) in [6, 6.07) is 0. The van der Waals surface area contributed by atoms with Crippen molar-refractivity contribution in [2.75, 3.05) is 37.4 Å². The first-order chi connectivity index (χ1) is 7.67. The molecule has 0 unspecified atom stereocenters. The van der Waals surface area contributed by atoms with E-state index in [1.165, 1.54) is 0 Å². The smallest absolute Gasteiger partial charge is 0.239 e. The van der Waals surface area contributed by atoms with Crippen LogP contribution in [0.25, 0.3) is 0 Å². The Hall–Kier alpha value is -1.85. The van der Waals surface area contributed by atoms with Gasteiger partial charge in [0.15, 0.2) is 0 Å². The second kappa shape index (κ2) is 5.89. The van der Waals surface area contributed by atoms with E-state index in [0.717, 1.165) is 6.54 Å². The fourth-order valence-electron chi connectivity index (χ4n) is 1.18. The van der Waals surface area contributed by atoms with Crippen molar-refractivity contribution in [3.05, 3.63) is 12.4 Å². The van der Waals surface area contributed by atoms with Crippen molar-refractivity contribution in [2.24, 2.45) is 0 Å². The van der Waals surface area contributed by atoms with Gasteiger partial charge in [0.25, 0.3) is 0 Å². The predicted octanol–water partition coefficient (Wildman–Crippen LogP) is 0.0906. The molecule has 6 heteroatoms. The van der Waals surface area contributed by atoms with Crippen LogP contribution in [-0.4, -0.2) is 43.1 Å². The van der Waals surface area contributed by atoms with Crippen molar-refractivity contribution in [2.45, 2.75) is 6.92 Å². The van der Waals surface area contributed by atoms with Crippen LogP contribution < -0.4 is 15.5 Å². The van der Waals surface area contributed by atoms with E-state index in [4.69, 9.17) is 0 Å². The number of amides is 1. The second-order valence-corrected chi connectivity index (χ2v) is 3.32. The number of hydrogen-bond donors (Lipinski definition) is 2. The molecule has 0 aliphatic rings. The van der Waals surface area contributed by atoms with Gasteiger partial charge in [0.2, 0.25) is 5.91 Å². The zero-order valence-corrected chi connectivity index (χ0v) is 9.82. The van der Waals surface area contributed by atoms with Gasteiger partial charge in [-0.05, 0) is 6.92 Å². The van der Waals surface area contributed by atoms with Gasteiger partial charge in [-0.2, -0.15) is 0 Å². The Labute approximate surface area is 95.1 Å². The Morgan fingerprint density at radius 1 is 1.50 bits per heavy atom. The van der Waals surface area contributed by atoms with E-state index in [1.54, 1.807) is 31.4 Å². The fraction of sp³-hybridized carbons (Fsp3) is 0.500. The summed E-state index contributed by atoms with van der Waals surface area (Å²) >= 11 is 0. The number of nitrogens with zero attached hydrogens (tertiary/aromatic N) is 3. The van der Waals surface area contributed by atoms with Gasteiger partial charge < -0.3 is 15.5 Å². The average molecular weight is 223 g/mol. The van der Waals surface area contributed by atoms with Crippen LogP contribution in [0.5, 0.6) is 0 Å². The van der Waals surface area contributed by atoms with Crippen molar-refractivity contribution in [3.63, 3.8) is 0 Å². The Morgan fingerprint density at radius 3 is 2.88 bits per heavy atom. The lowest BCUT2D eigenvalue weighted by Gasteiger charge is -2.17. The van der Waals surface area contributed by atoms with Crippen LogP contribution in [0.15, 0.2) is 12.4 Å². The molecule has 88 valence electrons. The molecule has 0 fully saturated rings. The highest BCUT2D eigenvalue weighted by molar-refractivity contribution is 5.80. The number of nitrogens with one attached hydrogen (secondary N) is 2. The molecule has 0 aromatic carbocycles. The number of carbonyl (C=O) groups excluding carboxylic acids is 1. The molecule has 1 amide bonds. The molecule has 1 aromatic rings. The fourth-order valence-corrected chi connectivity index (χ4v) is 1.18. The van der Waals surface area contributed by atoms with Crippen LogP contribution in [0.4, 0.5) is 11.6 Å². The van der Waals surface area contributed by atoms with E-state index in [-0.39, 0.29) is 12.5 Å². The van der Waals surface area contributed by atoms with Gasteiger partial charge in [0, 0.05) is 20.6 Å². The SMILES string of the molecule is CCNc1cncc(N(C)CC(=O)NC)n1. The summed E-state index contributed by atoms with van der Waals surface area (Å²) < 4.78 is 0. The van der Waals surface area contributed by atoms with E-state index >= 15 is 0 Å². The molecule has 1 rings (SSSR count). The van der Waals surface area contributed by atoms with Gasteiger partial charge in [-0.25, -0.2) is 4.98 Å². The maximum absolute atomic E-state index is 11.2. The third-order valence-corrected chi connectivity index (χ3v) is 2.03. The van der Waals surface area contributed by atoms with Crippen LogP contribution in [0.3, 0.4) is 0 Å². The summed E-state index contributed by atoms with van der Waals surface area (Å²) in [4.78, 5) is 21.3. The van der Waals surface area contributed by atoms with Crippen LogP contribution in [0.2, 0.25) is 0 Å². The predicted molar refractivity (Wildman–Crippen MR) is 63.5 cm³/mol. The van der Waals surface area contributed by atoms with E-state index in [1.807, 2.05) is 6.92 Å². The van der Waals surface area contributed by atoms with Crippen molar-refractivity contribution < 1.29 is 4.79 Å². The molecule has 0 saturated heterocycles. The van der Waals surface area contributed by atoms with Crippen LogP contribution >= 0.6 is 0 Å². The summed E-state index contributed by atoms with van der Waals surface area (Å²) in [5.74, 6) is 1.32. The first-order valence-electron chi connectivity index (χ1n) is 5.15. The highest BCUT2D eigenvalue weighted by Gasteiger charge is 2.07. The molecular weight excluding hydrogens is 206 g/mol. The van der Waals surface area contributed by atoms with Crippen LogP contribution in [-0.2, 0) is 4.79 Å². The van der Waals surface area contributed by atoms with Crippen molar-refractivity contribution >= 4 is 17.5 Å². The summed E-state index contributed by atoms with van der Waals surface area (Å²) in [5.41, 5.74) is 0. The number of anilines is 2. The minimum Gasteiger partial charge on any atom is -0.369 e. The van der Waals surface area contributed by atoms with Crippen molar-refractivity contribution in [1.29, 1.82) is 0 Å². The number of hydrogen-bond acceptors (Lipinski definition) is 5. The van der Waals surface area contributed by atoms with E-state index in [2.05, 4.69) is 20.6 Å². The molecule has 2 N–H and O–H groups in total. The lowest BCUT2D eigenvalue weighted by Crippen LogP contribution is -2.33.